The first-order chi connectivity index (χ1) is 8.84. The summed E-state index contributed by atoms with van der Waals surface area (Å²) in [5.74, 6) is 0. The van der Waals surface area contributed by atoms with Crippen molar-refractivity contribution in [2.24, 2.45) is 7.05 Å². The molecule has 2 heterocycles. The number of nitrogens with one attached hydrogen (secondary N) is 1. The summed E-state index contributed by atoms with van der Waals surface area (Å²) in [5, 5.41) is 5.06. The molecule has 96 valence electrons. The van der Waals surface area contributed by atoms with Gasteiger partial charge in [-0.25, -0.2) is 0 Å². The summed E-state index contributed by atoms with van der Waals surface area (Å²) in [4.78, 5) is 0. The monoisotopic (exact) mass is 242 g/mol. The molecule has 1 N–H and O–H groups in total. The predicted octanol–water partition coefficient (Wildman–Crippen LogP) is 3.25. The summed E-state index contributed by atoms with van der Waals surface area (Å²) in [6.45, 7) is 1.21. The molecule has 1 fully saturated rings. The van der Waals surface area contributed by atoms with E-state index >= 15 is 0 Å². The normalized spacial score (nSPS) is 20.4. The van der Waals surface area contributed by atoms with Crippen LogP contribution in [0.15, 0.2) is 30.5 Å². The van der Waals surface area contributed by atoms with Gasteiger partial charge in [0.25, 0.3) is 0 Å². The molecule has 1 aromatic carbocycles. The third-order valence-corrected chi connectivity index (χ3v) is 4.15. The Labute approximate surface area is 109 Å². The zero-order valence-electron chi connectivity index (χ0n) is 11.2. The molecule has 0 amide bonds. The zero-order chi connectivity index (χ0) is 12.4. The van der Waals surface area contributed by atoms with Crippen molar-refractivity contribution in [3.63, 3.8) is 0 Å². The molecular weight excluding hydrogens is 220 g/mol. The molecule has 1 aliphatic heterocycles. The molecule has 2 heteroatoms. The van der Waals surface area contributed by atoms with E-state index in [2.05, 4.69) is 47.4 Å². The van der Waals surface area contributed by atoms with Gasteiger partial charge in [0, 0.05) is 30.2 Å². The van der Waals surface area contributed by atoms with Crippen LogP contribution in [0.3, 0.4) is 0 Å². The lowest BCUT2D eigenvalue weighted by atomic mass is 9.98. The van der Waals surface area contributed by atoms with E-state index in [9.17, 15) is 0 Å². The van der Waals surface area contributed by atoms with Gasteiger partial charge >= 0.3 is 0 Å². The van der Waals surface area contributed by atoms with Crippen LogP contribution < -0.4 is 5.32 Å². The number of piperidine rings is 1. The van der Waals surface area contributed by atoms with Gasteiger partial charge in [0.2, 0.25) is 0 Å². The second-order valence-electron chi connectivity index (χ2n) is 5.47. The Balaban J connectivity index is 1.74. The van der Waals surface area contributed by atoms with Crippen molar-refractivity contribution in [1.82, 2.24) is 9.88 Å². The molecule has 1 aliphatic rings. The Morgan fingerprint density at radius 3 is 3.00 bits per heavy atom. The quantitative estimate of drug-likeness (QED) is 0.874. The number of para-hydroxylation sites is 1. The summed E-state index contributed by atoms with van der Waals surface area (Å²) in [6, 6.07) is 9.45. The fraction of sp³-hybridized carbons (Fsp3) is 0.500. The average Bonchev–Trinajstić information content (AvgIpc) is 2.75. The maximum Gasteiger partial charge on any atom is 0.0480 e. The maximum absolute atomic E-state index is 3.64. The van der Waals surface area contributed by atoms with Crippen LogP contribution in [-0.4, -0.2) is 17.2 Å². The highest BCUT2D eigenvalue weighted by molar-refractivity contribution is 5.83. The standard InChI is InChI=1S/C16H22N2/c1-18-12-13(15-7-2-3-8-16(15)18)9-10-14-6-4-5-11-17-14/h2-3,7-8,12,14,17H,4-6,9-11H2,1H3. The molecule has 2 aromatic rings. The highest BCUT2D eigenvalue weighted by Crippen LogP contribution is 2.22. The van der Waals surface area contributed by atoms with Gasteiger partial charge in [-0.15, -0.1) is 0 Å². The molecule has 0 bridgehead atoms. The van der Waals surface area contributed by atoms with Crippen molar-refractivity contribution >= 4 is 10.9 Å². The largest absolute Gasteiger partial charge is 0.350 e. The predicted molar refractivity (Wildman–Crippen MR) is 76.9 cm³/mol. The molecule has 0 saturated carbocycles. The minimum absolute atomic E-state index is 0.734. The topological polar surface area (TPSA) is 17.0 Å². The first kappa shape index (κ1) is 11.8. The van der Waals surface area contributed by atoms with Crippen molar-refractivity contribution in [2.75, 3.05) is 6.54 Å². The first-order valence-electron chi connectivity index (χ1n) is 7.11. The van der Waals surface area contributed by atoms with Crippen LogP contribution in [0, 0.1) is 0 Å². The smallest absolute Gasteiger partial charge is 0.0480 e. The number of aryl methyl sites for hydroxylation is 2. The summed E-state index contributed by atoms with van der Waals surface area (Å²) in [5.41, 5.74) is 2.85. The lowest BCUT2D eigenvalue weighted by molar-refractivity contribution is 0.383. The van der Waals surface area contributed by atoms with Crippen LogP contribution in [0.2, 0.25) is 0 Å². The van der Waals surface area contributed by atoms with Gasteiger partial charge in [-0.1, -0.05) is 24.6 Å². The Morgan fingerprint density at radius 1 is 1.28 bits per heavy atom. The second-order valence-corrected chi connectivity index (χ2v) is 5.47. The lowest BCUT2D eigenvalue weighted by Gasteiger charge is -2.23. The fourth-order valence-electron chi connectivity index (χ4n) is 3.12. The highest BCUT2D eigenvalue weighted by atomic mass is 14.9. The van der Waals surface area contributed by atoms with E-state index in [1.165, 1.54) is 55.1 Å². The van der Waals surface area contributed by atoms with Crippen LogP contribution in [0.1, 0.15) is 31.2 Å². The van der Waals surface area contributed by atoms with Crippen molar-refractivity contribution in [3.05, 3.63) is 36.0 Å². The maximum atomic E-state index is 3.64. The molecule has 1 saturated heterocycles. The van der Waals surface area contributed by atoms with E-state index < -0.39 is 0 Å². The first-order valence-corrected chi connectivity index (χ1v) is 7.11. The number of benzene rings is 1. The molecular formula is C16H22N2. The summed E-state index contributed by atoms with van der Waals surface area (Å²) >= 11 is 0. The zero-order valence-corrected chi connectivity index (χ0v) is 11.2. The van der Waals surface area contributed by atoms with Crippen LogP contribution in [0.25, 0.3) is 10.9 Å². The van der Waals surface area contributed by atoms with Crippen LogP contribution in [0.5, 0.6) is 0 Å². The third kappa shape index (κ3) is 2.30. The van der Waals surface area contributed by atoms with Crippen LogP contribution in [-0.2, 0) is 13.5 Å². The molecule has 0 spiro atoms. The molecule has 1 aromatic heterocycles. The fourth-order valence-corrected chi connectivity index (χ4v) is 3.12. The molecule has 0 radical (unpaired) electrons. The van der Waals surface area contributed by atoms with E-state index in [1.54, 1.807) is 0 Å². The van der Waals surface area contributed by atoms with Gasteiger partial charge in [-0.05, 0) is 43.9 Å². The second kappa shape index (κ2) is 5.15. The Hall–Kier alpha value is -1.28. The van der Waals surface area contributed by atoms with Gasteiger partial charge in [0.15, 0.2) is 0 Å². The van der Waals surface area contributed by atoms with Gasteiger partial charge in [-0.2, -0.15) is 0 Å². The lowest BCUT2D eigenvalue weighted by Crippen LogP contribution is -2.34. The van der Waals surface area contributed by atoms with Crippen molar-refractivity contribution in [3.8, 4) is 0 Å². The highest BCUT2D eigenvalue weighted by Gasteiger charge is 2.13. The number of hydrogen-bond donors (Lipinski definition) is 1. The van der Waals surface area contributed by atoms with E-state index in [0.717, 1.165) is 6.04 Å². The molecule has 0 aliphatic carbocycles. The van der Waals surface area contributed by atoms with Crippen molar-refractivity contribution in [2.45, 2.75) is 38.1 Å². The summed E-state index contributed by atoms with van der Waals surface area (Å²) in [7, 11) is 2.14. The van der Waals surface area contributed by atoms with E-state index in [-0.39, 0.29) is 0 Å². The van der Waals surface area contributed by atoms with Gasteiger partial charge in [-0.3, -0.25) is 0 Å². The SMILES string of the molecule is Cn1cc(CCC2CCCCN2)c2ccccc21. The number of nitrogens with zero attached hydrogens (tertiary/aromatic N) is 1. The minimum Gasteiger partial charge on any atom is -0.350 e. The molecule has 3 rings (SSSR count). The molecule has 18 heavy (non-hydrogen) atoms. The molecule has 1 unspecified atom stereocenters. The van der Waals surface area contributed by atoms with Gasteiger partial charge in [0.05, 0.1) is 0 Å². The van der Waals surface area contributed by atoms with Crippen molar-refractivity contribution in [1.29, 1.82) is 0 Å². The molecule has 1 atom stereocenters. The van der Waals surface area contributed by atoms with E-state index in [1.807, 2.05) is 0 Å². The average molecular weight is 242 g/mol. The van der Waals surface area contributed by atoms with E-state index in [4.69, 9.17) is 0 Å². The Morgan fingerprint density at radius 2 is 2.17 bits per heavy atom. The number of fused-ring (bicyclic) bond motifs is 1. The number of aromatic nitrogens is 1. The van der Waals surface area contributed by atoms with Gasteiger partial charge in [0.1, 0.15) is 0 Å². The Bertz CT molecular complexity index is 521. The minimum atomic E-state index is 0.734. The summed E-state index contributed by atoms with van der Waals surface area (Å²) in [6.07, 6.45) is 8.86. The number of rotatable bonds is 3. The Kier molecular flexibility index (Phi) is 3.37. The van der Waals surface area contributed by atoms with E-state index in [0.29, 0.717) is 0 Å². The number of hydrogen-bond acceptors (Lipinski definition) is 1. The summed E-state index contributed by atoms with van der Waals surface area (Å²) < 4.78 is 2.25. The third-order valence-electron chi connectivity index (χ3n) is 4.15. The van der Waals surface area contributed by atoms with Crippen molar-refractivity contribution < 1.29 is 0 Å². The van der Waals surface area contributed by atoms with Gasteiger partial charge < -0.3 is 9.88 Å². The van der Waals surface area contributed by atoms with Crippen LogP contribution in [0.4, 0.5) is 0 Å². The molecule has 2 nitrogen and oxygen atoms in total. The van der Waals surface area contributed by atoms with Crippen LogP contribution >= 0.6 is 0 Å².